The first-order chi connectivity index (χ1) is 10.6. The van der Waals surface area contributed by atoms with E-state index in [1.807, 2.05) is 0 Å². The summed E-state index contributed by atoms with van der Waals surface area (Å²) in [7, 11) is 0. The monoisotopic (exact) mass is 329 g/mol. The minimum atomic E-state index is -4.42. The van der Waals surface area contributed by atoms with Gasteiger partial charge < -0.3 is 10.4 Å². The van der Waals surface area contributed by atoms with E-state index in [0.717, 1.165) is 12.1 Å². The summed E-state index contributed by atoms with van der Waals surface area (Å²) >= 11 is 0. The molecule has 2 N–H and O–H groups in total. The van der Waals surface area contributed by atoms with Crippen molar-refractivity contribution in [2.24, 2.45) is 11.3 Å². The van der Waals surface area contributed by atoms with Crippen LogP contribution in [0.25, 0.3) is 0 Å². The summed E-state index contributed by atoms with van der Waals surface area (Å²) in [5.41, 5.74) is -1.18. The van der Waals surface area contributed by atoms with Crippen LogP contribution < -0.4 is 5.32 Å². The van der Waals surface area contributed by atoms with Crippen LogP contribution in [0.1, 0.15) is 30.9 Å². The van der Waals surface area contributed by atoms with Crippen molar-refractivity contribution in [3.8, 4) is 0 Å². The Labute approximate surface area is 131 Å². The Morgan fingerprint density at radius 1 is 1.35 bits per heavy atom. The number of halogens is 3. The second-order valence-corrected chi connectivity index (χ2v) is 6.11. The van der Waals surface area contributed by atoms with Crippen LogP contribution in [0.3, 0.4) is 0 Å². The highest BCUT2D eigenvalue weighted by molar-refractivity contribution is 5.82. The molecule has 126 valence electrons. The number of alkyl halides is 3. The molecule has 1 fully saturated rings. The summed E-state index contributed by atoms with van der Waals surface area (Å²) < 4.78 is 38.0. The number of nitrogens with one attached hydrogen (secondary N) is 1. The molecular weight excluding hydrogens is 311 g/mol. The Bertz CT molecular complexity index is 609. The average molecular weight is 329 g/mol. The van der Waals surface area contributed by atoms with Crippen molar-refractivity contribution in [1.82, 2.24) is 5.32 Å². The van der Waals surface area contributed by atoms with Gasteiger partial charge in [-0.25, -0.2) is 0 Å². The molecule has 1 amide bonds. The fraction of sp³-hybridized carbons (Fsp3) is 0.500. The van der Waals surface area contributed by atoms with Gasteiger partial charge in [0.15, 0.2) is 0 Å². The smallest absolute Gasteiger partial charge is 0.416 e. The fourth-order valence-electron chi connectivity index (χ4n) is 2.37. The predicted molar refractivity (Wildman–Crippen MR) is 76.6 cm³/mol. The van der Waals surface area contributed by atoms with Crippen molar-refractivity contribution >= 4 is 11.9 Å². The first-order valence-corrected chi connectivity index (χ1v) is 7.31. The van der Waals surface area contributed by atoms with Crippen LogP contribution in [0.4, 0.5) is 13.2 Å². The molecule has 0 bridgehead atoms. The van der Waals surface area contributed by atoms with Crippen LogP contribution in [-0.2, 0) is 22.2 Å². The van der Waals surface area contributed by atoms with Crippen molar-refractivity contribution in [2.45, 2.75) is 32.4 Å². The molecular formula is C16H18F3NO3. The standard InChI is InChI=1S/C16H18F3NO3/c1-10(13(21)20-9-15(5-6-15)14(22)23)7-11-3-2-4-12(8-11)16(17,18)19/h2-4,8,10H,5-7,9H2,1H3,(H,20,21)(H,22,23). The Hall–Kier alpha value is -2.05. The maximum absolute atomic E-state index is 12.7. The van der Waals surface area contributed by atoms with E-state index >= 15 is 0 Å². The van der Waals surface area contributed by atoms with Crippen LogP contribution in [0, 0.1) is 11.3 Å². The van der Waals surface area contributed by atoms with Crippen LogP contribution in [0.2, 0.25) is 0 Å². The SMILES string of the molecule is CC(Cc1cccc(C(F)(F)F)c1)C(=O)NCC1(C(=O)O)CC1. The molecule has 7 heteroatoms. The van der Waals surface area contributed by atoms with E-state index in [-0.39, 0.29) is 18.9 Å². The van der Waals surface area contributed by atoms with Crippen LogP contribution >= 0.6 is 0 Å². The van der Waals surface area contributed by atoms with Crippen LogP contribution in [-0.4, -0.2) is 23.5 Å². The Morgan fingerprint density at radius 3 is 2.52 bits per heavy atom. The third-order valence-corrected chi connectivity index (χ3v) is 4.15. The lowest BCUT2D eigenvalue weighted by Crippen LogP contribution is -2.37. The number of rotatable bonds is 6. The number of carboxylic acid groups (broad SMARTS) is 1. The van der Waals surface area contributed by atoms with E-state index in [9.17, 15) is 22.8 Å². The maximum atomic E-state index is 12.7. The number of amides is 1. The van der Waals surface area contributed by atoms with Gasteiger partial charge in [-0.2, -0.15) is 13.2 Å². The van der Waals surface area contributed by atoms with E-state index < -0.39 is 29.0 Å². The summed E-state index contributed by atoms with van der Waals surface area (Å²) in [5, 5.41) is 11.6. The Kier molecular flexibility index (Phi) is 4.68. The van der Waals surface area contributed by atoms with Gasteiger partial charge in [-0.05, 0) is 30.9 Å². The van der Waals surface area contributed by atoms with Gasteiger partial charge in [0.25, 0.3) is 0 Å². The zero-order valence-electron chi connectivity index (χ0n) is 12.6. The molecule has 0 saturated heterocycles. The molecule has 2 rings (SSSR count). The zero-order chi connectivity index (χ0) is 17.3. The summed E-state index contributed by atoms with van der Waals surface area (Å²) in [5.74, 6) is -1.82. The number of benzene rings is 1. The first-order valence-electron chi connectivity index (χ1n) is 7.31. The van der Waals surface area contributed by atoms with Gasteiger partial charge in [0.05, 0.1) is 11.0 Å². The van der Waals surface area contributed by atoms with Crippen LogP contribution in [0.5, 0.6) is 0 Å². The van der Waals surface area contributed by atoms with E-state index in [2.05, 4.69) is 5.32 Å². The molecule has 0 aliphatic heterocycles. The van der Waals surface area contributed by atoms with Crippen molar-refractivity contribution < 1.29 is 27.9 Å². The van der Waals surface area contributed by atoms with Gasteiger partial charge in [0.2, 0.25) is 5.91 Å². The molecule has 4 nitrogen and oxygen atoms in total. The van der Waals surface area contributed by atoms with Gasteiger partial charge in [-0.15, -0.1) is 0 Å². The highest BCUT2D eigenvalue weighted by Crippen LogP contribution is 2.45. The average Bonchev–Trinajstić information content (AvgIpc) is 3.25. The van der Waals surface area contributed by atoms with Crippen molar-refractivity contribution in [2.75, 3.05) is 6.54 Å². The lowest BCUT2D eigenvalue weighted by molar-refractivity contribution is -0.143. The third-order valence-electron chi connectivity index (χ3n) is 4.15. The number of carbonyl (C=O) groups excluding carboxylic acids is 1. The van der Waals surface area contributed by atoms with Crippen molar-refractivity contribution in [3.63, 3.8) is 0 Å². The molecule has 1 saturated carbocycles. The highest BCUT2D eigenvalue weighted by atomic mass is 19.4. The minimum Gasteiger partial charge on any atom is -0.481 e. The molecule has 1 aromatic carbocycles. The Balaban J connectivity index is 1.92. The van der Waals surface area contributed by atoms with E-state index in [4.69, 9.17) is 5.11 Å². The quantitative estimate of drug-likeness (QED) is 0.843. The van der Waals surface area contributed by atoms with Crippen LogP contribution in [0.15, 0.2) is 24.3 Å². The van der Waals surface area contributed by atoms with Gasteiger partial charge in [0.1, 0.15) is 0 Å². The maximum Gasteiger partial charge on any atom is 0.416 e. The molecule has 0 heterocycles. The molecule has 23 heavy (non-hydrogen) atoms. The molecule has 1 aliphatic carbocycles. The topological polar surface area (TPSA) is 66.4 Å². The summed E-state index contributed by atoms with van der Waals surface area (Å²) in [4.78, 5) is 23.0. The summed E-state index contributed by atoms with van der Waals surface area (Å²) in [6.45, 7) is 1.67. The van der Waals surface area contributed by atoms with Crippen molar-refractivity contribution in [3.05, 3.63) is 35.4 Å². The molecule has 1 atom stereocenters. The normalized spacial score (nSPS) is 17.4. The number of aliphatic carboxylic acids is 1. The lowest BCUT2D eigenvalue weighted by Gasteiger charge is -2.16. The summed E-state index contributed by atoms with van der Waals surface area (Å²) in [6.07, 6.45) is -3.19. The van der Waals surface area contributed by atoms with Gasteiger partial charge in [0, 0.05) is 12.5 Å². The molecule has 1 aromatic rings. The molecule has 1 aliphatic rings. The molecule has 0 spiro atoms. The second kappa shape index (κ2) is 6.22. The van der Waals surface area contributed by atoms with Gasteiger partial charge in [-0.3, -0.25) is 9.59 Å². The number of hydrogen-bond acceptors (Lipinski definition) is 2. The van der Waals surface area contributed by atoms with Gasteiger partial charge in [-0.1, -0.05) is 25.1 Å². The number of carbonyl (C=O) groups is 2. The second-order valence-electron chi connectivity index (χ2n) is 6.11. The van der Waals surface area contributed by atoms with E-state index in [1.165, 1.54) is 6.07 Å². The Morgan fingerprint density at radius 2 is 2.00 bits per heavy atom. The lowest BCUT2D eigenvalue weighted by atomic mass is 9.98. The molecule has 0 aromatic heterocycles. The molecule has 0 radical (unpaired) electrons. The predicted octanol–water partition coefficient (Wildman–Crippen LogP) is 2.87. The van der Waals surface area contributed by atoms with Crippen molar-refractivity contribution in [1.29, 1.82) is 0 Å². The highest BCUT2D eigenvalue weighted by Gasteiger charge is 2.50. The molecule has 1 unspecified atom stereocenters. The number of carboxylic acids is 1. The first kappa shape index (κ1) is 17.3. The van der Waals surface area contributed by atoms with E-state index in [0.29, 0.717) is 18.4 Å². The fourth-order valence-corrected chi connectivity index (χ4v) is 2.37. The largest absolute Gasteiger partial charge is 0.481 e. The summed E-state index contributed by atoms with van der Waals surface area (Å²) in [6, 6.07) is 4.87. The zero-order valence-corrected chi connectivity index (χ0v) is 12.6. The van der Waals surface area contributed by atoms with Gasteiger partial charge >= 0.3 is 12.1 Å². The van der Waals surface area contributed by atoms with E-state index in [1.54, 1.807) is 13.0 Å². The third kappa shape index (κ3) is 4.24. The minimum absolute atomic E-state index is 0.0636. The number of hydrogen-bond donors (Lipinski definition) is 2.